The van der Waals surface area contributed by atoms with Crippen LogP contribution in [0.5, 0.6) is 0 Å². The number of nitrogens with two attached hydrogens (primary N) is 2. The molecule has 0 unspecified atom stereocenters. The minimum absolute atomic E-state index is 0. The van der Waals surface area contributed by atoms with E-state index in [2.05, 4.69) is 20.4 Å². The minimum atomic E-state index is -0.777. The van der Waals surface area contributed by atoms with Gasteiger partial charge in [0.2, 0.25) is 0 Å². The van der Waals surface area contributed by atoms with Crippen LogP contribution >= 0.6 is 0 Å². The molecule has 0 aromatic heterocycles. The maximum Gasteiger partial charge on any atom is 2.00 e. The zero-order valence-electron chi connectivity index (χ0n) is 20.2. The molecule has 11 heteroatoms. The van der Waals surface area contributed by atoms with Crippen LogP contribution in [0.25, 0.3) is 0 Å². The van der Waals surface area contributed by atoms with Gasteiger partial charge in [0, 0.05) is 23.3 Å². The Labute approximate surface area is 260 Å². The number of rotatable bonds is 4. The van der Waals surface area contributed by atoms with Gasteiger partial charge >= 0.3 is 54.6 Å². The van der Waals surface area contributed by atoms with Crippen molar-refractivity contribution in [2.45, 2.75) is 13.8 Å². The normalized spacial score (nSPS) is 20.6. The monoisotopic (exact) mass is 674 g/mol. The molecule has 0 amide bonds. The molecule has 0 aromatic carbocycles. The summed E-state index contributed by atoms with van der Waals surface area (Å²) in [6, 6.07) is -1.55. The van der Waals surface area contributed by atoms with Crippen molar-refractivity contribution in [3.63, 3.8) is 0 Å². The van der Waals surface area contributed by atoms with E-state index in [9.17, 15) is 10.2 Å². The van der Waals surface area contributed by atoms with Gasteiger partial charge in [-0.25, -0.2) is 0 Å². The molecule has 4 fully saturated rings. The van der Waals surface area contributed by atoms with Crippen LogP contribution in [-0.2, 0) is 54.6 Å². The van der Waals surface area contributed by atoms with Gasteiger partial charge in [0.25, 0.3) is 0 Å². The van der Waals surface area contributed by atoms with Crippen LogP contribution in [0.3, 0.4) is 0 Å². The first-order valence-corrected chi connectivity index (χ1v) is 10.3. The summed E-state index contributed by atoms with van der Waals surface area (Å²) < 4.78 is 0. The van der Waals surface area contributed by atoms with E-state index in [1.165, 1.54) is 0 Å². The van der Waals surface area contributed by atoms with Gasteiger partial charge in [0.1, 0.15) is 0 Å². The zero-order chi connectivity index (χ0) is 25.0. The summed E-state index contributed by atoms with van der Waals surface area (Å²) in [4.78, 5) is 0. The van der Waals surface area contributed by atoms with E-state index < -0.39 is 12.0 Å². The molecule has 0 bridgehead atoms. The van der Waals surface area contributed by atoms with Crippen molar-refractivity contribution in [3.8, 4) is 0 Å². The van der Waals surface area contributed by atoms with Crippen molar-refractivity contribution >= 4 is 23.5 Å². The predicted octanol–water partition coefficient (Wildman–Crippen LogP) is 0.921. The van der Waals surface area contributed by atoms with E-state index in [1.54, 1.807) is 13.8 Å². The van der Waals surface area contributed by atoms with E-state index in [-0.39, 0.29) is 54.6 Å². The van der Waals surface area contributed by atoms with Gasteiger partial charge in [-0.15, -0.1) is 10.2 Å². The number of amidine groups is 2. The molecular formula is C26H28Fe2N6O2Pd+4. The SMILES string of the molecule is C/C(=N/N=C(/N)[O-])[C]1[CH][CH][CH][CH]1.C/C(=N/N=C(/N)[O-])[C]1[CH][CH][CH][CH]1.[CH]1[CH][CH][CH][CH]1.[CH]1[CH][CH][CH][CH]1.[Fe+2].[Fe+2].[Pd+2]. The summed E-state index contributed by atoms with van der Waals surface area (Å²) in [5, 5.41) is 34.1. The Bertz CT molecular complexity index is 578. The zero-order valence-corrected chi connectivity index (χ0v) is 23.9. The van der Waals surface area contributed by atoms with Crippen molar-refractivity contribution in [3.05, 3.63) is 127 Å². The molecule has 8 nitrogen and oxygen atoms in total. The summed E-state index contributed by atoms with van der Waals surface area (Å²) in [6.07, 6.45) is 35.1. The Balaban J connectivity index is -0.000000433. The molecule has 4 aliphatic carbocycles. The van der Waals surface area contributed by atoms with Crippen LogP contribution in [-0.4, -0.2) is 23.5 Å². The van der Waals surface area contributed by atoms with Crippen molar-refractivity contribution in [1.29, 1.82) is 0 Å². The minimum Gasteiger partial charge on any atom is -0.845 e. The van der Waals surface area contributed by atoms with Gasteiger partial charge in [-0.2, -0.15) is 10.2 Å². The summed E-state index contributed by atoms with van der Waals surface area (Å²) in [5.74, 6) is 1.89. The molecule has 0 aliphatic heterocycles. The van der Waals surface area contributed by atoms with E-state index in [1.807, 2.05) is 116 Å². The molecule has 4 rings (SSSR count). The smallest absolute Gasteiger partial charge is 0.845 e. The molecule has 0 atom stereocenters. The van der Waals surface area contributed by atoms with E-state index in [0.29, 0.717) is 11.4 Å². The van der Waals surface area contributed by atoms with E-state index >= 15 is 0 Å². The molecular weight excluding hydrogens is 646 g/mol. The molecule has 4 N–H and O–H groups in total. The van der Waals surface area contributed by atoms with Crippen LogP contribution < -0.4 is 21.7 Å². The largest absolute Gasteiger partial charge is 2.00 e. The number of hydrogen-bond acceptors (Lipinski definition) is 6. The molecule has 4 saturated carbocycles. The van der Waals surface area contributed by atoms with Crippen LogP contribution in [0, 0.1) is 127 Å². The van der Waals surface area contributed by atoms with Gasteiger partial charge in [-0.3, -0.25) is 0 Å². The van der Waals surface area contributed by atoms with Crippen molar-refractivity contribution < 1.29 is 64.8 Å². The van der Waals surface area contributed by atoms with Gasteiger partial charge in [0.15, 0.2) is 0 Å². The average molecular weight is 675 g/mol. The van der Waals surface area contributed by atoms with Gasteiger partial charge < -0.3 is 21.7 Å². The molecule has 196 valence electrons. The molecule has 0 heterocycles. The van der Waals surface area contributed by atoms with Crippen molar-refractivity contribution in [2.24, 2.45) is 31.9 Å². The standard InChI is InChI=1S/2C8H10N3O.2C5H5.2Fe.Pd/c2*1-6(10-11-8(9)12)7-4-2-3-5-7;2*1-2-4-5-3-1;;;/h2*2-5H,1H3,(H3,9,11,12);2*1-5H;;;/q;;;;3*+2/p-2/b2*10-6-;;;;;. The summed E-state index contributed by atoms with van der Waals surface area (Å²) in [7, 11) is 0. The summed E-state index contributed by atoms with van der Waals surface area (Å²) >= 11 is 0. The third-order valence-corrected chi connectivity index (χ3v) is 3.87. The Morgan fingerprint density at radius 1 is 0.486 bits per heavy atom. The van der Waals surface area contributed by atoms with Crippen LogP contribution in [0.1, 0.15) is 13.8 Å². The van der Waals surface area contributed by atoms with E-state index in [4.69, 9.17) is 11.5 Å². The van der Waals surface area contributed by atoms with Gasteiger partial charge in [-0.1, -0.05) is 0 Å². The summed E-state index contributed by atoms with van der Waals surface area (Å²) in [5.41, 5.74) is 10.9. The van der Waals surface area contributed by atoms with Crippen LogP contribution in [0.2, 0.25) is 0 Å². The van der Waals surface area contributed by atoms with Crippen LogP contribution in [0.4, 0.5) is 0 Å². The third kappa shape index (κ3) is 23.2. The molecule has 0 aromatic rings. The van der Waals surface area contributed by atoms with Gasteiger partial charge in [-0.05, 0) is 129 Å². The van der Waals surface area contributed by atoms with Crippen LogP contribution in [0.15, 0.2) is 20.4 Å². The van der Waals surface area contributed by atoms with Crippen molar-refractivity contribution in [1.82, 2.24) is 0 Å². The first-order valence-electron chi connectivity index (χ1n) is 10.3. The van der Waals surface area contributed by atoms with Crippen molar-refractivity contribution in [2.75, 3.05) is 0 Å². The topological polar surface area (TPSA) is 148 Å². The Kier molecular flexibility index (Phi) is 30.1. The first-order chi connectivity index (χ1) is 16.4. The first kappa shape index (κ1) is 41.1. The van der Waals surface area contributed by atoms with E-state index in [0.717, 1.165) is 11.8 Å². The molecule has 20 radical (unpaired) electrons. The summed E-state index contributed by atoms with van der Waals surface area (Å²) in [6.45, 7) is 3.53. The Morgan fingerprint density at radius 3 is 0.892 bits per heavy atom. The second kappa shape index (κ2) is 27.2. The van der Waals surface area contributed by atoms with Gasteiger partial charge in [0.05, 0.1) is 12.0 Å². The molecule has 0 spiro atoms. The molecule has 37 heavy (non-hydrogen) atoms. The Hall–Kier alpha value is -0.419. The maximum atomic E-state index is 10.2. The molecule has 0 saturated heterocycles. The predicted molar refractivity (Wildman–Crippen MR) is 133 cm³/mol. The third-order valence-electron chi connectivity index (χ3n) is 3.87. The average Bonchev–Trinajstić information content (AvgIpc) is 3.65. The fraction of sp³-hybridized carbons (Fsp3) is 0.0769. The maximum absolute atomic E-state index is 10.2. The quantitative estimate of drug-likeness (QED) is 0.198. The Morgan fingerprint density at radius 2 is 0.703 bits per heavy atom. The number of hydrogen-bond donors (Lipinski definition) is 2. The number of nitrogens with zero attached hydrogens (tertiary/aromatic N) is 4. The molecule has 4 aliphatic rings. The second-order valence-corrected chi connectivity index (χ2v) is 6.52. The fourth-order valence-corrected chi connectivity index (χ4v) is 2.24. The fourth-order valence-electron chi connectivity index (χ4n) is 2.24. The second-order valence-electron chi connectivity index (χ2n) is 6.52.